The Labute approximate surface area is 150 Å². The Morgan fingerprint density at radius 1 is 1.54 bits per heavy atom. The molecule has 1 amide bonds. The molecule has 132 valence electrons. The van der Waals surface area contributed by atoms with Crippen LogP contribution in [0.1, 0.15) is 33.5 Å². The summed E-state index contributed by atoms with van der Waals surface area (Å²) in [5.41, 5.74) is 6.01. The normalized spacial score (nSPS) is 18.9. The number of furan rings is 1. The standard InChI is InChI=1S/C16H20N2O4S.ClH/c17-8-13-6-11(9-22-13)16(20)18-3-4-21-10-12(18)7-14(19)15-2-1-5-23-15;/h1-2,5-6,9,12,14,19H,3-4,7-8,10,17H2;1H. The predicted molar refractivity (Wildman–Crippen MR) is 93.4 cm³/mol. The van der Waals surface area contributed by atoms with Crippen LogP contribution in [-0.4, -0.2) is 41.7 Å². The van der Waals surface area contributed by atoms with Crippen LogP contribution in [0.4, 0.5) is 0 Å². The van der Waals surface area contributed by atoms with E-state index in [2.05, 4.69) is 0 Å². The molecule has 2 aromatic heterocycles. The van der Waals surface area contributed by atoms with Crippen LogP contribution in [0.5, 0.6) is 0 Å². The minimum absolute atomic E-state index is 0. The number of hydrogen-bond donors (Lipinski definition) is 2. The summed E-state index contributed by atoms with van der Waals surface area (Å²) < 4.78 is 10.7. The van der Waals surface area contributed by atoms with Gasteiger partial charge >= 0.3 is 0 Å². The molecule has 0 spiro atoms. The summed E-state index contributed by atoms with van der Waals surface area (Å²) in [5.74, 6) is 0.469. The van der Waals surface area contributed by atoms with Crippen LogP contribution < -0.4 is 5.73 Å². The maximum Gasteiger partial charge on any atom is 0.257 e. The van der Waals surface area contributed by atoms with Crippen LogP contribution in [0.25, 0.3) is 0 Å². The highest BCUT2D eigenvalue weighted by Gasteiger charge is 2.31. The first-order valence-corrected chi connectivity index (χ1v) is 8.44. The van der Waals surface area contributed by atoms with Crippen molar-refractivity contribution in [2.45, 2.75) is 25.1 Å². The van der Waals surface area contributed by atoms with Gasteiger partial charge in [0.2, 0.25) is 0 Å². The average Bonchev–Trinajstić information content (AvgIpc) is 3.26. The summed E-state index contributed by atoms with van der Waals surface area (Å²) >= 11 is 1.51. The molecule has 1 fully saturated rings. The third-order valence-electron chi connectivity index (χ3n) is 3.96. The summed E-state index contributed by atoms with van der Waals surface area (Å²) in [5, 5.41) is 12.3. The number of aliphatic hydroxyl groups is 1. The first-order chi connectivity index (χ1) is 11.2. The molecular weight excluding hydrogens is 352 g/mol. The van der Waals surface area contributed by atoms with Crippen molar-refractivity contribution in [2.75, 3.05) is 19.8 Å². The van der Waals surface area contributed by atoms with Gasteiger partial charge in [-0.05, 0) is 17.5 Å². The Bertz CT molecular complexity index is 646. The van der Waals surface area contributed by atoms with Crippen LogP contribution >= 0.6 is 23.7 Å². The molecule has 3 heterocycles. The molecule has 2 aromatic rings. The Morgan fingerprint density at radius 3 is 3.04 bits per heavy atom. The number of halogens is 1. The third kappa shape index (κ3) is 4.17. The fourth-order valence-corrected chi connectivity index (χ4v) is 3.46. The van der Waals surface area contributed by atoms with Crippen molar-refractivity contribution in [1.82, 2.24) is 4.90 Å². The molecule has 2 atom stereocenters. The van der Waals surface area contributed by atoms with E-state index in [9.17, 15) is 9.90 Å². The molecule has 24 heavy (non-hydrogen) atoms. The summed E-state index contributed by atoms with van der Waals surface area (Å²) in [7, 11) is 0. The second-order valence-electron chi connectivity index (χ2n) is 5.50. The summed E-state index contributed by atoms with van der Waals surface area (Å²) in [6.07, 6.45) is 1.29. The Morgan fingerprint density at radius 2 is 2.38 bits per heavy atom. The van der Waals surface area contributed by atoms with E-state index in [1.807, 2.05) is 17.5 Å². The zero-order valence-corrected chi connectivity index (χ0v) is 14.7. The smallest absolute Gasteiger partial charge is 0.257 e. The van der Waals surface area contributed by atoms with Gasteiger partial charge < -0.3 is 24.9 Å². The lowest BCUT2D eigenvalue weighted by atomic mass is 10.0. The molecule has 2 unspecified atom stereocenters. The van der Waals surface area contributed by atoms with E-state index in [1.165, 1.54) is 17.6 Å². The fourth-order valence-electron chi connectivity index (χ4n) is 2.74. The molecule has 0 saturated carbocycles. The van der Waals surface area contributed by atoms with Gasteiger partial charge in [0.1, 0.15) is 12.0 Å². The molecule has 0 aromatic carbocycles. The van der Waals surface area contributed by atoms with Crippen LogP contribution in [0.3, 0.4) is 0 Å². The van der Waals surface area contributed by atoms with E-state index in [1.54, 1.807) is 11.0 Å². The fraction of sp³-hybridized carbons (Fsp3) is 0.438. The van der Waals surface area contributed by atoms with Gasteiger partial charge in [0.15, 0.2) is 0 Å². The van der Waals surface area contributed by atoms with Gasteiger partial charge in [-0.1, -0.05) is 6.07 Å². The quantitative estimate of drug-likeness (QED) is 0.839. The van der Waals surface area contributed by atoms with Gasteiger partial charge in [0.25, 0.3) is 5.91 Å². The topological polar surface area (TPSA) is 88.9 Å². The number of morpholine rings is 1. The second-order valence-corrected chi connectivity index (χ2v) is 6.48. The van der Waals surface area contributed by atoms with E-state index in [0.717, 1.165) is 4.88 Å². The second kappa shape index (κ2) is 8.64. The molecule has 1 saturated heterocycles. The summed E-state index contributed by atoms with van der Waals surface area (Å²) in [6.45, 7) is 1.69. The number of ether oxygens (including phenoxy) is 1. The number of aliphatic hydroxyl groups excluding tert-OH is 1. The molecule has 6 nitrogen and oxygen atoms in total. The maximum atomic E-state index is 12.7. The molecule has 1 aliphatic rings. The van der Waals surface area contributed by atoms with Gasteiger partial charge in [0.05, 0.1) is 37.5 Å². The molecule has 3 N–H and O–H groups in total. The summed E-state index contributed by atoms with van der Waals surface area (Å²) in [4.78, 5) is 15.4. The van der Waals surface area contributed by atoms with Crippen molar-refractivity contribution in [3.05, 3.63) is 46.0 Å². The number of nitrogens with two attached hydrogens (primary N) is 1. The van der Waals surface area contributed by atoms with E-state index < -0.39 is 6.10 Å². The van der Waals surface area contributed by atoms with Crippen LogP contribution in [0, 0.1) is 0 Å². The molecular formula is C16H21ClN2O4S. The molecule has 0 aliphatic carbocycles. The first-order valence-electron chi connectivity index (χ1n) is 7.56. The van der Waals surface area contributed by atoms with Gasteiger partial charge in [-0.25, -0.2) is 0 Å². The lowest BCUT2D eigenvalue weighted by Crippen LogP contribution is -2.49. The summed E-state index contributed by atoms with van der Waals surface area (Å²) in [6, 6.07) is 5.31. The van der Waals surface area contributed by atoms with Gasteiger partial charge in [-0.3, -0.25) is 4.79 Å². The van der Waals surface area contributed by atoms with Crippen molar-refractivity contribution in [3.8, 4) is 0 Å². The minimum Gasteiger partial charge on any atom is -0.467 e. The van der Waals surface area contributed by atoms with Crippen molar-refractivity contribution in [1.29, 1.82) is 0 Å². The monoisotopic (exact) mass is 372 g/mol. The number of nitrogens with zero attached hydrogens (tertiary/aromatic N) is 1. The third-order valence-corrected chi connectivity index (χ3v) is 4.93. The molecule has 0 radical (unpaired) electrons. The lowest BCUT2D eigenvalue weighted by molar-refractivity contribution is -0.0170. The Kier molecular flexibility index (Phi) is 6.82. The number of amides is 1. The van der Waals surface area contributed by atoms with Gasteiger partial charge in [0, 0.05) is 17.8 Å². The zero-order valence-electron chi connectivity index (χ0n) is 13.1. The number of rotatable bonds is 5. The van der Waals surface area contributed by atoms with E-state index in [-0.39, 0.29) is 30.9 Å². The van der Waals surface area contributed by atoms with Crippen molar-refractivity contribution >= 4 is 29.7 Å². The SMILES string of the molecule is Cl.NCc1cc(C(=O)N2CCOCC2CC(O)c2cccs2)co1. The van der Waals surface area contributed by atoms with Crippen LogP contribution in [0.15, 0.2) is 34.3 Å². The predicted octanol–water partition coefficient (Wildman–Crippen LogP) is 2.19. The number of carbonyl (C=O) groups excluding carboxylic acids is 1. The maximum absolute atomic E-state index is 12.7. The van der Waals surface area contributed by atoms with Crippen molar-refractivity contribution < 1.29 is 19.1 Å². The van der Waals surface area contributed by atoms with Gasteiger partial charge in [-0.15, -0.1) is 23.7 Å². The molecule has 0 bridgehead atoms. The van der Waals surface area contributed by atoms with Crippen molar-refractivity contribution in [2.24, 2.45) is 5.73 Å². The largest absolute Gasteiger partial charge is 0.467 e. The Balaban J connectivity index is 0.00000208. The van der Waals surface area contributed by atoms with E-state index in [4.69, 9.17) is 14.9 Å². The lowest BCUT2D eigenvalue weighted by Gasteiger charge is -2.36. The number of hydrogen-bond acceptors (Lipinski definition) is 6. The highest BCUT2D eigenvalue weighted by Crippen LogP contribution is 2.26. The first kappa shape index (κ1) is 19.0. The zero-order chi connectivity index (χ0) is 16.2. The molecule has 8 heteroatoms. The molecule has 3 rings (SSSR count). The highest BCUT2D eigenvalue weighted by molar-refractivity contribution is 7.10. The molecule has 1 aliphatic heterocycles. The number of carbonyl (C=O) groups is 1. The highest BCUT2D eigenvalue weighted by atomic mass is 35.5. The van der Waals surface area contributed by atoms with Crippen LogP contribution in [-0.2, 0) is 11.3 Å². The average molecular weight is 373 g/mol. The van der Waals surface area contributed by atoms with Gasteiger partial charge in [-0.2, -0.15) is 0 Å². The van der Waals surface area contributed by atoms with E-state index >= 15 is 0 Å². The number of thiophene rings is 1. The van der Waals surface area contributed by atoms with Crippen molar-refractivity contribution in [3.63, 3.8) is 0 Å². The minimum atomic E-state index is -0.596. The van der Waals surface area contributed by atoms with Crippen LogP contribution in [0.2, 0.25) is 0 Å². The Hall–Kier alpha value is -1.38. The van der Waals surface area contributed by atoms with E-state index in [0.29, 0.717) is 37.5 Å².